The van der Waals surface area contributed by atoms with Gasteiger partial charge in [-0.1, -0.05) is 0 Å². The summed E-state index contributed by atoms with van der Waals surface area (Å²) in [5.74, 6) is -0.291. The lowest BCUT2D eigenvalue weighted by molar-refractivity contribution is -0.127. The fourth-order valence-electron chi connectivity index (χ4n) is 2.63. The number of anilines is 2. The summed E-state index contributed by atoms with van der Waals surface area (Å²) in [4.78, 5) is 27.5. The summed E-state index contributed by atoms with van der Waals surface area (Å²) in [5, 5.41) is 2.89. The smallest absolute Gasteiger partial charge is 0.229 e. The molecule has 0 spiro atoms. The third-order valence-corrected chi connectivity index (χ3v) is 3.98. The zero-order valence-corrected chi connectivity index (χ0v) is 12.9. The third kappa shape index (κ3) is 3.54. The summed E-state index contributed by atoms with van der Waals surface area (Å²) in [6, 6.07) is 7.83. The topological polar surface area (TPSA) is 52.7 Å². The molecule has 0 aromatic heterocycles. The average Bonchev–Trinajstić information content (AvgIpc) is 2.82. The number of nitrogens with one attached hydrogen (secondary N) is 1. The number of nitrogens with zero attached hydrogens (tertiary/aromatic N) is 2. The Labute approximate surface area is 125 Å². The molecule has 1 aromatic rings. The van der Waals surface area contributed by atoms with Crippen LogP contribution in [0.4, 0.5) is 11.4 Å². The lowest BCUT2D eigenvalue weighted by atomic mass is 10.1. The molecule has 1 N–H and O–H groups in total. The predicted molar refractivity (Wildman–Crippen MR) is 84.4 cm³/mol. The molecule has 0 aliphatic carbocycles. The second-order valence-corrected chi connectivity index (χ2v) is 5.38. The highest BCUT2D eigenvalue weighted by Gasteiger charge is 2.32. The van der Waals surface area contributed by atoms with E-state index < -0.39 is 0 Å². The Bertz CT molecular complexity index is 509. The number of carbonyl (C=O) groups excluding carboxylic acids is 2. The van der Waals surface area contributed by atoms with Gasteiger partial charge in [0.2, 0.25) is 11.8 Å². The van der Waals surface area contributed by atoms with Gasteiger partial charge in [0.25, 0.3) is 0 Å². The van der Waals surface area contributed by atoms with Crippen LogP contribution in [0.5, 0.6) is 0 Å². The highest BCUT2D eigenvalue weighted by Crippen LogP contribution is 2.21. The molecule has 2 rings (SSSR count). The highest BCUT2D eigenvalue weighted by atomic mass is 16.2. The number of rotatable bonds is 5. The Balaban J connectivity index is 1.97. The summed E-state index contributed by atoms with van der Waals surface area (Å²) in [7, 11) is 1.73. The van der Waals surface area contributed by atoms with Crippen molar-refractivity contribution in [3.05, 3.63) is 24.3 Å². The molecule has 2 amide bonds. The first-order valence-electron chi connectivity index (χ1n) is 7.45. The Kier molecular flexibility index (Phi) is 4.83. The van der Waals surface area contributed by atoms with Crippen molar-refractivity contribution in [2.45, 2.75) is 20.3 Å². The first-order valence-corrected chi connectivity index (χ1v) is 7.45. The Morgan fingerprint density at radius 2 is 1.90 bits per heavy atom. The Morgan fingerprint density at radius 1 is 1.29 bits per heavy atom. The Morgan fingerprint density at radius 3 is 2.38 bits per heavy atom. The van der Waals surface area contributed by atoms with Crippen LogP contribution in [-0.4, -0.2) is 43.4 Å². The van der Waals surface area contributed by atoms with Gasteiger partial charge < -0.3 is 15.1 Å². The maximum Gasteiger partial charge on any atom is 0.229 e. The minimum Gasteiger partial charge on any atom is -0.372 e. The zero-order chi connectivity index (χ0) is 15.4. The molecule has 114 valence electrons. The summed E-state index contributed by atoms with van der Waals surface area (Å²) in [6.07, 6.45) is 0.305. The average molecular weight is 289 g/mol. The fraction of sp³-hybridized carbons (Fsp3) is 0.500. The molecule has 1 aliphatic heterocycles. The van der Waals surface area contributed by atoms with Crippen LogP contribution in [0.25, 0.3) is 0 Å². The standard InChI is InChI=1S/C16H23N3O2/c1-4-19(5-2)14-8-6-13(7-9-14)17-16(21)12-10-15(20)18(3)11-12/h6-9,12H,4-5,10-11H2,1-3H3,(H,17,21). The Hall–Kier alpha value is -2.04. The molecule has 0 bridgehead atoms. The molecule has 1 fully saturated rings. The largest absolute Gasteiger partial charge is 0.372 e. The normalized spacial score (nSPS) is 18.0. The van der Waals surface area contributed by atoms with E-state index in [0.29, 0.717) is 13.0 Å². The molecule has 1 saturated heterocycles. The molecule has 1 heterocycles. The van der Waals surface area contributed by atoms with Crippen LogP contribution in [0.15, 0.2) is 24.3 Å². The highest BCUT2D eigenvalue weighted by molar-refractivity contribution is 5.97. The van der Waals surface area contributed by atoms with Gasteiger partial charge in [0.05, 0.1) is 5.92 Å². The summed E-state index contributed by atoms with van der Waals surface area (Å²) in [6.45, 7) is 6.65. The SMILES string of the molecule is CCN(CC)c1ccc(NC(=O)C2CC(=O)N(C)C2)cc1. The van der Waals surface area contributed by atoms with Crippen molar-refractivity contribution in [1.82, 2.24) is 4.90 Å². The number of likely N-dealkylation sites (tertiary alicyclic amines) is 1. The number of amides is 2. The van der Waals surface area contributed by atoms with Crippen LogP contribution in [-0.2, 0) is 9.59 Å². The van der Waals surface area contributed by atoms with Gasteiger partial charge in [-0.15, -0.1) is 0 Å². The van der Waals surface area contributed by atoms with Crippen LogP contribution in [0.3, 0.4) is 0 Å². The monoisotopic (exact) mass is 289 g/mol. The van der Waals surface area contributed by atoms with E-state index in [1.807, 2.05) is 24.3 Å². The molecule has 1 atom stereocenters. The molecule has 0 saturated carbocycles. The summed E-state index contributed by atoms with van der Waals surface area (Å²) >= 11 is 0. The zero-order valence-electron chi connectivity index (χ0n) is 12.9. The molecule has 21 heavy (non-hydrogen) atoms. The number of benzene rings is 1. The number of hydrogen-bond donors (Lipinski definition) is 1. The number of carbonyl (C=O) groups is 2. The van der Waals surface area contributed by atoms with Gasteiger partial charge in [-0.25, -0.2) is 0 Å². The van der Waals surface area contributed by atoms with E-state index >= 15 is 0 Å². The van der Waals surface area contributed by atoms with Crippen molar-refractivity contribution >= 4 is 23.2 Å². The first kappa shape index (κ1) is 15.4. The van der Waals surface area contributed by atoms with Crippen LogP contribution in [0, 0.1) is 5.92 Å². The van der Waals surface area contributed by atoms with Gasteiger partial charge in [0, 0.05) is 44.5 Å². The van der Waals surface area contributed by atoms with Crippen LogP contribution >= 0.6 is 0 Å². The van der Waals surface area contributed by atoms with Gasteiger partial charge in [0.1, 0.15) is 0 Å². The summed E-state index contributed by atoms with van der Waals surface area (Å²) < 4.78 is 0. The molecule has 0 radical (unpaired) electrons. The minimum atomic E-state index is -0.245. The molecular weight excluding hydrogens is 266 g/mol. The molecule has 1 unspecified atom stereocenters. The van der Waals surface area contributed by atoms with E-state index in [1.54, 1.807) is 11.9 Å². The second kappa shape index (κ2) is 6.61. The lowest BCUT2D eigenvalue weighted by Crippen LogP contribution is -2.25. The van der Waals surface area contributed by atoms with E-state index in [1.165, 1.54) is 0 Å². The van der Waals surface area contributed by atoms with E-state index in [-0.39, 0.29) is 17.7 Å². The van der Waals surface area contributed by atoms with E-state index in [9.17, 15) is 9.59 Å². The van der Waals surface area contributed by atoms with Gasteiger partial charge >= 0.3 is 0 Å². The molecule has 1 aromatic carbocycles. The van der Waals surface area contributed by atoms with Crippen LogP contribution in [0.1, 0.15) is 20.3 Å². The van der Waals surface area contributed by atoms with Crippen molar-refractivity contribution in [2.75, 3.05) is 36.9 Å². The van der Waals surface area contributed by atoms with Crippen LogP contribution in [0.2, 0.25) is 0 Å². The third-order valence-electron chi connectivity index (χ3n) is 3.98. The maximum absolute atomic E-state index is 12.1. The molecule has 5 heteroatoms. The lowest BCUT2D eigenvalue weighted by Gasteiger charge is -2.21. The van der Waals surface area contributed by atoms with E-state index in [0.717, 1.165) is 24.5 Å². The number of hydrogen-bond acceptors (Lipinski definition) is 3. The van der Waals surface area contributed by atoms with Gasteiger partial charge in [-0.2, -0.15) is 0 Å². The van der Waals surface area contributed by atoms with Crippen molar-refractivity contribution in [3.8, 4) is 0 Å². The molecular formula is C16H23N3O2. The van der Waals surface area contributed by atoms with Crippen molar-refractivity contribution in [2.24, 2.45) is 5.92 Å². The minimum absolute atomic E-state index is 0.0343. The summed E-state index contributed by atoms with van der Waals surface area (Å²) in [5.41, 5.74) is 1.92. The van der Waals surface area contributed by atoms with E-state index in [2.05, 4.69) is 24.1 Å². The molecule has 5 nitrogen and oxygen atoms in total. The van der Waals surface area contributed by atoms with Gasteiger partial charge in [0.15, 0.2) is 0 Å². The van der Waals surface area contributed by atoms with Crippen molar-refractivity contribution < 1.29 is 9.59 Å². The fourth-order valence-corrected chi connectivity index (χ4v) is 2.63. The quantitative estimate of drug-likeness (QED) is 0.901. The van der Waals surface area contributed by atoms with Crippen molar-refractivity contribution in [1.29, 1.82) is 0 Å². The molecule has 1 aliphatic rings. The second-order valence-electron chi connectivity index (χ2n) is 5.38. The van der Waals surface area contributed by atoms with Gasteiger partial charge in [-0.3, -0.25) is 9.59 Å². The maximum atomic E-state index is 12.1. The van der Waals surface area contributed by atoms with E-state index in [4.69, 9.17) is 0 Å². The van der Waals surface area contributed by atoms with Gasteiger partial charge in [-0.05, 0) is 38.1 Å². The first-order chi connectivity index (χ1) is 10.0. The van der Waals surface area contributed by atoms with Crippen molar-refractivity contribution in [3.63, 3.8) is 0 Å². The van der Waals surface area contributed by atoms with Crippen LogP contribution < -0.4 is 10.2 Å². The predicted octanol–water partition coefficient (Wildman–Crippen LogP) is 1.95.